The van der Waals surface area contributed by atoms with Gasteiger partial charge >= 0.3 is 39.5 Å². The van der Waals surface area contributed by atoms with Crippen LogP contribution < -0.4 is 0 Å². The normalized spacial score (nSPS) is 14.8. The topological polar surface area (TPSA) is 237 Å². The smallest absolute Gasteiger partial charge is 0.462 e. The highest BCUT2D eigenvalue weighted by atomic mass is 31.2. The van der Waals surface area contributed by atoms with E-state index >= 15 is 0 Å². The molecule has 19 heteroatoms. The van der Waals surface area contributed by atoms with Gasteiger partial charge in [0.15, 0.2) is 12.2 Å². The molecule has 17 nitrogen and oxygen atoms in total. The lowest BCUT2D eigenvalue weighted by Crippen LogP contribution is -2.30. The fourth-order valence-corrected chi connectivity index (χ4v) is 11.5. The Labute approximate surface area is 641 Å². The highest BCUT2D eigenvalue weighted by Crippen LogP contribution is 2.45. The molecule has 0 amide bonds. The van der Waals surface area contributed by atoms with E-state index in [0.717, 1.165) is 180 Å². The zero-order valence-electron chi connectivity index (χ0n) is 65.5. The van der Waals surface area contributed by atoms with Gasteiger partial charge in [0.2, 0.25) is 0 Å². The number of hydrogen-bond acceptors (Lipinski definition) is 15. The molecular weight excluding hydrogens is 1380 g/mol. The summed E-state index contributed by atoms with van der Waals surface area (Å²) in [7, 11) is -10.0. The minimum atomic E-state index is -5.02. The van der Waals surface area contributed by atoms with Gasteiger partial charge < -0.3 is 33.8 Å². The van der Waals surface area contributed by atoms with Gasteiger partial charge in [-0.15, -0.1) is 0 Å². The lowest BCUT2D eigenvalue weighted by molar-refractivity contribution is -0.161. The van der Waals surface area contributed by atoms with Crippen molar-refractivity contribution in [3.63, 3.8) is 0 Å². The van der Waals surface area contributed by atoms with E-state index in [4.69, 9.17) is 37.0 Å². The molecule has 0 rings (SSSR count). The molecule has 5 atom stereocenters. The predicted octanol–water partition coefficient (Wildman–Crippen LogP) is 23.6. The quantitative estimate of drug-likeness (QED) is 0.0169. The van der Waals surface area contributed by atoms with Crippen molar-refractivity contribution < 1.29 is 80.2 Å². The van der Waals surface area contributed by atoms with Crippen LogP contribution >= 0.6 is 15.6 Å². The number of esters is 4. The van der Waals surface area contributed by atoms with Gasteiger partial charge in [0, 0.05) is 19.3 Å². The number of phosphoric ester groups is 2. The average molecular weight is 1520 g/mol. The number of aliphatic hydroxyl groups excluding tert-OH is 1. The molecule has 0 aromatic carbocycles. The van der Waals surface area contributed by atoms with Crippen LogP contribution in [0.2, 0.25) is 0 Å². The van der Waals surface area contributed by atoms with Crippen molar-refractivity contribution in [2.45, 2.75) is 303 Å². The van der Waals surface area contributed by atoms with E-state index in [1.54, 1.807) is 6.08 Å². The Morgan fingerprint density at radius 2 is 0.528 bits per heavy atom. The summed E-state index contributed by atoms with van der Waals surface area (Å²) in [5, 5.41) is 10.6. The van der Waals surface area contributed by atoms with Crippen LogP contribution in [0.15, 0.2) is 182 Å². The number of rotatable bonds is 73. The first-order valence-corrected chi connectivity index (χ1v) is 43.0. The number of carbonyl (C=O) groups excluding carboxylic acids is 4. The van der Waals surface area contributed by atoms with Gasteiger partial charge in [0.1, 0.15) is 19.3 Å². The van der Waals surface area contributed by atoms with Crippen molar-refractivity contribution in [2.24, 2.45) is 0 Å². The molecule has 0 aliphatic heterocycles. The Morgan fingerprint density at radius 3 is 0.858 bits per heavy atom. The van der Waals surface area contributed by atoms with Gasteiger partial charge in [-0.3, -0.25) is 37.3 Å². The molecule has 106 heavy (non-hydrogen) atoms. The number of phosphoric acid groups is 2. The number of unbranched alkanes of at least 4 members (excludes halogenated alkanes) is 18. The van der Waals surface area contributed by atoms with Crippen LogP contribution in [-0.4, -0.2) is 96.7 Å². The van der Waals surface area contributed by atoms with Gasteiger partial charge in [-0.2, -0.15) is 0 Å². The number of ether oxygens (including phenoxy) is 4. The molecule has 0 heterocycles. The molecule has 0 fully saturated rings. The van der Waals surface area contributed by atoms with E-state index in [9.17, 15) is 43.2 Å². The van der Waals surface area contributed by atoms with Crippen molar-refractivity contribution in [1.29, 1.82) is 0 Å². The molecule has 0 saturated heterocycles. The monoisotopic (exact) mass is 1520 g/mol. The first-order valence-electron chi connectivity index (χ1n) is 40.0. The van der Waals surface area contributed by atoms with Crippen LogP contribution in [0.25, 0.3) is 0 Å². The third-order valence-electron chi connectivity index (χ3n) is 15.9. The Morgan fingerprint density at radius 1 is 0.283 bits per heavy atom. The summed E-state index contributed by atoms with van der Waals surface area (Å²) in [5.74, 6) is -2.41. The molecule has 0 saturated carbocycles. The molecular formula is C87H140O17P2. The maximum absolute atomic E-state index is 13.1. The van der Waals surface area contributed by atoms with E-state index in [1.165, 1.54) is 19.3 Å². The van der Waals surface area contributed by atoms with Crippen LogP contribution in [-0.2, 0) is 65.4 Å². The highest BCUT2D eigenvalue weighted by molar-refractivity contribution is 7.47. The summed E-state index contributed by atoms with van der Waals surface area (Å²) in [4.78, 5) is 73.0. The van der Waals surface area contributed by atoms with Crippen LogP contribution in [0, 0.1) is 0 Å². The van der Waals surface area contributed by atoms with Crippen molar-refractivity contribution in [2.75, 3.05) is 39.6 Å². The summed E-state index contributed by atoms with van der Waals surface area (Å²) in [6.07, 6.45) is 93.3. The van der Waals surface area contributed by atoms with E-state index in [0.29, 0.717) is 32.1 Å². The zero-order chi connectivity index (χ0) is 77.4. The first kappa shape index (κ1) is 100. The van der Waals surface area contributed by atoms with E-state index < -0.39 is 97.5 Å². The number of hydrogen-bond donors (Lipinski definition) is 3. The summed E-state index contributed by atoms with van der Waals surface area (Å²) in [6.45, 7) is 4.30. The van der Waals surface area contributed by atoms with Crippen molar-refractivity contribution in [3.05, 3.63) is 182 Å². The van der Waals surface area contributed by atoms with Crippen molar-refractivity contribution in [1.82, 2.24) is 0 Å². The Bertz CT molecular complexity index is 2730. The van der Waals surface area contributed by atoms with Crippen LogP contribution in [0.1, 0.15) is 285 Å². The largest absolute Gasteiger partial charge is 0.472 e. The Kier molecular flexibility index (Phi) is 73.1. The zero-order valence-corrected chi connectivity index (χ0v) is 67.3. The molecule has 0 aliphatic rings. The second-order valence-corrected chi connectivity index (χ2v) is 28.8. The van der Waals surface area contributed by atoms with Crippen molar-refractivity contribution >= 4 is 39.5 Å². The molecule has 600 valence electrons. The van der Waals surface area contributed by atoms with E-state index in [-0.39, 0.29) is 25.7 Å². The number of allylic oxidation sites excluding steroid dienone is 29. The molecule has 0 aliphatic carbocycles. The van der Waals surface area contributed by atoms with Gasteiger partial charge in [0.05, 0.1) is 32.8 Å². The molecule has 3 N–H and O–H groups in total. The third-order valence-corrected chi connectivity index (χ3v) is 17.8. The van der Waals surface area contributed by atoms with Gasteiger partial charge in [0.25, 0.3) is 0 Å². The molecule has 0 spiro atoms. The number of aliphatic hydroxyl groups is 1. The van der Waals surface area contributed by atoms with Gasteiger partial charge in [-0.25, -0.2) is 9.13 Å². The standard InChI is InChI=1S/C87H140O17P2/c1-5-9-13-17-21-25-29-33-37-39-40-42-45-48-52-56-60-64-68-72-85(90)98-78-83(104-87(92)74-70-66-62-58-54-50-46-41-38-34-30-26-22-18-14-10-6-2)80-102-106(95,96)100-76-81(88)75-99-105(93,94)101-79-82(103-86(91)73-69-65-61-57-53-49-44-36-32-28-24-20-16-12-8-4)77-97-84(89)71-67-63-59-55-51-47-43-35-31-27-23-19-15-11-7-3/h10-12,14-16,21-28,33-38,40,42-44,51,53,55,57,63,67,81-83,88H,5-9,13,17-20,29-32,39,41,45-50,52,54,56,58-62,64-66,68-80H2,1-4H3,(H,93,94)(H,95,96)/b14-10-,15-11-,16-12-,25-21-,26-22-,27-23-,28-24-,37-33-,38-34-,42-40-,43-35-,44-36-,55-51-,57-53-,67-63-. The maximum Gasteiger partial charge on any atom is 0.472 e. The predicted molar refractivity (Wildman–Crippen MR) is 436 cm³/mol. The fraction of sp³-hybridized carbons (Fsp3) is 0.609. The molecule has 0 radical (unpaired) electrons. The second-order valence-electron chi connectivity index (χ2n) is 25.9. The SMILES string of the molecule is CC/C=C\C/C=C\C/C=C\C/C=C\C/C=C\CC(=O)OCC(COP(=O)(O)OCC(O)COP(=O)(O)OCC(COC(=O)CCCCCCCC/C=C\C/C=C\C/C=C\CCCCC)OC(=O)CCCCCCCCC/C=C\C/C=C\C/C=C\CC)OC(=O)CCCC/C=C\C/C=C\C/C=C\C/C=C\CC. The van der Waals surface area contributed by atoms with E-state index in [1.807, 2.05) is 24.3 Å². The number of carbonyl (C=O) groups is 4. The third kappa shape index (κ3) is 76.4. The summed E-state index contributed by atoms with van der Waals surface area (Å²) in [6, 6.07) is 0. The first-order chi connectivity index (χ1) is 51.7. The summed E-state index contributed by atoms with van der Waals surface area (Å²) in [5.41, 5.74) is 0. The van der Waals surface area contributed by atoms with Gasteiger partial charge in [-0.1, -0.05) is 281 Å². The minimum absolute atomic E-state index is 0.0161. The Hall–Kier alpha value is -5.84. The second kappa shape index (κ2) is 77.3. The lowest BCUT2D eigenvalue weighted by Gasteiger charge is -2.21. The summed E-state index contributed by atoms with van der Waals surface area (Å²) < 4.78 is 68.5. The molecule has 0 bridgehead atoms. The van der Waals surface area contributed by atoms with E-state index in [2.05, 4.69) is 180 Å². The van der Waals surface area contributed by atoms with Crippen LogP contribution in [0.5, 0.6) is 0 Å². The average Bonchev–Trinajstić information content (AvgIpc) is 0.899. The molecule has 0 aromatic heterocycles. The van der Waals surface area contributed by atoms with Crippen LogP contribution in [0.4, 0.5) is 0 Å². The lowest BCUT2D eigenvalue weighted by atomic mass is 10.1. The minimum Gasteiger partial charge on any atom is -0.462 e. The highest BCUT2D eigenvalue weighted by Gasteiger charge is 2.30. The summed E-state index contributed by atoms with van der Waals surface area (Å²) >= 11 is 0. The fourth-order valence-electron chi connectivity index (χ4n) is 9.89. The molecule has 0 aromatic rings. The van der Waals surface area contributed by atoms with Crippen molar-refractivity contribution in [3.8, 4) is 0 Å². The van der Waals surface area contributed by atoms with Gasteiger partial charge in [-0.05, 0) is 161 Å². The molecule has 5 unspecified atom stereocenters. The maximum atomic E-state index is 13.1. The Balaban J connectivity index is 5.49. The van der Waals surface area contributed by atoms with Crippen LogP contribution in [0.3, 0.4) is 0 Å².